The van der Waals surface area contributed by atoms with Gasteiger partial charge in [0.1, 0.15) is 11.6 Å². The average molecular weight is 459 g/mol. The summed E-state index contributed by atoms with van der Waals surface area (Å²) < 4.78 is 27.2. The standard InChI is InChI=1S/C23H21ClF2N4O2/c24-16-5-3-6-18(15-16)28-22(31)27-13-4-14-30(19-11-9-17(25)10-12-19)23(32)29-21-8-2-1-7-20(21)26/h1-3,5-12,15H,4,13-14H2,(H,29,32)(H2,27,28,31). The SMILES string of the molecule is O=C(NCCCN(C(=O)Nc1ccccc1F)c1ccc(F)cc1)Nc1cccc(Cl)c1. The van der Waals surface area contributed by atoms with Gasteiger partial charge in [-0.2, -0.15) is 0 Å². The molecule has 3 aromatic carbocycles. The van der Waals surface area contributed by atoms with Crippen molar-refractivity contribution >= 4 is 40.7 Å². The van der Waals surface area contributed by atoms with Crippen LogP contribution in [0.5, 0.6) is 0 Å². The fraction of sp³-hybridized carbons (Fsp3) is 0.130. The maximum atomic E-state index is 13.9. The van der Waals surface area contributed by atoms with E-state index in [0.717, 1.165) is 0 Å². The Labute approximate surface area is 189 Å². The molecule has 0 aliphatic heterocycles. The second-order valence-corrected chi connectivity index (χ2v) is 7.22. The molecule has 0 saturated heterocycles. The van der Waals surface area contributed by atoms with E-state index < -0.39 is 23.7 Å². The fourth-order valence-electron chi connectivity index (χ4n) is 2.89. The number of amides is 4. The largest absolute Gasteiger partial charge is 0.338 e. The normalized spacial score (nSPS) is 10.3. The summed E-state index contributed by atoms with van der Waals surface area (Å²) in [5.41, 5.74) is 1.01. The van der Waals surface area contributed by atoms with E-state index in [1.165, 1.54) is 47.4 Å². The van der Waals surface area contributed by atoms with Crippen molar-refractivity contribution in [1.29, 1.82) is 0 Å². The van der Waals surface area contributed by atoms with Crippen LogP contribution in [0.2, 0.25) is 5.02 Å². The zero-order valence-electron chi connectivity index (χ0n) is 16.9. The molecule has 0 bridgehead atoms. The summed E-state index contributed by atoms with van der Waals surface area (Å²) in [6.07, 6.45) is 0.394. The predicted molar refractivity (Wildman–Crippen MR) is 122 cm³/mol. The molecule has 0 spiro atoms. The fourth-order valence-corrected chi connectivity index (χ4v) is 3.09. The lowest BCUT2D eigenvalue weighted by Crippen LogP contribution is -2.38. The zero-order valence-corrected chi connectivity index (χ0v) is 17.7. The maximum absolute atomic E-state index is 13.9. The predicted octanol–water partition coefficient (Wildman–Crippen LogP) is 5.87. The van der Waals surface area contributed by atoms with Gasteiger partial charge in [-0.05, 0) is 61.0 Å². The van der Waals surface area contributed by atoms with Gasteiger partial charge in [0, 0.05) is 29.5 Å². The molecule has 4 amide bonds. The molecule has 0 unspecified atom stereocenters. The van der Waals surface area contributed by atoms with Gasteiger partial charge >= 0.3 is 12.1 Å². The van der Waals surface area contributed by atoms with Crippen molar-refractivity contribution in [3.63, 3.8) is 0 Å². The molecule has 0 fully saturated rings. The van der Waals surface area contributed by atoms with Gasteiger partial charge in [-0.1, -0.05) is 29.8 Å². The molecule has 0 radical (unpaired) electrons. The van der Waals surface area contributed by atoms with Crippen LogP contribution in [0, 0.1) is 11.6 Å². The van der Waals surface area contributed by atoms with E-state index in [1.54, 1.807) is 30.3 Å². The van der Waals surface area contributed by atoms with Crippen molar-refractivity contribution in [2.45, 2.75) is 6.42 Å². The second-order valence-electron chi connectivity index (χ2n) is 6.78. The first kappa shape index (κ1) is 23.0. The van der Waals surface area contributed by atoms with E-state index in [4.69, 9.17) is 11.6 Å². The summed E-state index contributed by atoms with van der Waals surface area (Å²) in [6, 6.07) is 16.9. The third-order valence-electron chi connectivity index (χ3n) is 4.43. The Kier molecular flexibility index (Phi) is 7.99. The van der Waals surface area contributed by atoms with Crippen molar-refractivity contribution in [2.75, 3.05) is 28.6 Å². The highest BCUT2D eigenvalue weighted by Crippen LogP contribution is 2.19. The highest BCUT2D eigenvalue weighted by Gasteiger charge is 2.17. The van der Waals surface area contributed by atoms with Crippen molar-refractivity contribution in [3.05, 3.63) is 89.5 Å². The van der Waals surface area contributed by atoms with Gasteiger partial charge in [-0.15, -0.1) is 0 Å². The van der Waals surface area contributed by atoms with E-state index in [1.807, 2.05) is 0 Å². The van der Waals surface area contributed by atoms with Crippen LogP contribution >= 0.6 is 11.6 Å². The van der Waals surface area contributed by atoms with Crippen LogP contribution in [0.15, 0.2) is 72.8 Å². The van der Waals surface area contributed by atoms with Crippen molar-refractivity contribution in [2.24, 2.45) is 0 Å². The third kappa shape index (κ3) is 6.68. The Morgan fingerprint density at radius 3 is 2.38 bits per heavy atom. The molecule has 9 heteroatoms. The van der Waals surface area contributed by atoms with Crippen molar-refractivity contribution in [1.82, 2.24) is 5.32 Å². The minimum atomic E-state index is -0.579. The average Bonchev–Trinajstić information content (AvgIpc) is 2.76. The number of hydrogen-bond donors (Lipinski definition) is 3. The Morgan fingerprint density at radius 2 is 1.66 bits per heavy atom. The topological polar surface area (TPSA) is 73.5 Å². The number of nitrogens with one attached hydrogen (secondary N) is 3. The van der Waals surface area contributed by atoms with Gasteiger partial charge in [0.25, 0.3) is 0 Å². The Bertz CT molecular complexity index is 1080. The summed E-state index contributed by atoms with van der Waals surface area (Å²) in [6.45, 7) is 0.459. The third-order valence-corrected chi connectivity index (χ3v) is 4.66. The number of nitrogens with zero attached hydrogens (tertiary/aromatic N) is 1. The molecule has 3 rings (SSSR count). The van der Waals surface area contributed by atoms with E-state index >= 15 is 0 Å². The van der Waals surface area contributed by atoms with Gasteiger partial charge in [0.2, 0.25) is 0 Å². The highest BCUT2D eigenvalue weighted by molar-refractivity contribution is 6.30. The minimum Gasteiger partial charge on any atom is -0.338 e. The van der Waals surface area contributed by atoms with Gasteiger partial charge in [0.15, 0.2) is 0 Å². The molecular weight excluding hydrogens is 438 g/mol. The Balaban J connectivity index is 1.59. The van der Waals surface area contributed by atoms with Crippen LogP contribution < -0.4 is 20.9 Å². The molecule has 3 aromatic rings. The van der Waals surface area contributed by atoms with Crippen LogP contribution in [0.3, 0.4) is 0 Å². The first-order valence-electron chi connectivity index (χ1n) is 9.81. The number of hydrogen-bond acceptors (Lipinski definition) is 2. The number of halogens is 3. The van der Waals surface area contributed by atoms with Gasteiger partial charge in [0.05, 0.1) is 5.69 Å². The number of benzene rings is 3. The van der Waals surface area contributed by atoms with E-state index in [2.05, 4.69) is 16.0 Å². The Morgan fingerprint density at radius 1 is 0.906 bits per heavy atom. The summed E-state index contributed by atoms with van der Waals surface area (Å²) in [7, 11) is 0. The van der Waals surface area contributed by atoms with E-state index in [0.29, 0.717) is 22.8 Å². The first-order valence-corrected chi connectivity index (χ1v) is 10.2. The molecule has 0 saturated carbocycles. The smallest absolute Gasteiger partial charge is 0.326 e. The summed E-state index contributed by atoms with van der Waals surface area (Å²) in [5.74, 6) is -1.01. The lowest BCUT2D eigenvalue weighted by atomic mass is 10.2. The number of anilines is 3. The lowest BCUT2D eigenvalue weighted by molar-refractivity contribution is 0.252. The van der Waals surface area contributed by atoms with Crippen LogP contribution in [-0.4, -0.2) is 25.2 Å². The van der Waals surface area contributed by atoms with E-state index in [9.17, 15) is 18.4 Å². The molecule has 0 aromatic heterocycles. The molecular formula is C23H21ClF2N4O2. The number of urea groups is 2. The van der Waals surface area contributed by atoms with Crippen LogP contribution in [0.25, 0.3) is 0 Å². The highest BCUT2D eigenvalue weighted by atomic mass is 35.5. The molecule has 0 aliphatic rings. The van der Waals surface area contributed by atoms with Gasteiger partial charge in [-0.25, -0.2) is 18.4 Å². The molecule has 0 aliphatic carbocycles. The molecule has 0 heterocycles. The summed E-state index contributed by atoms with van der Waals surface area (Å²) in [5, 5.41) is 8.37. The second kappa shape index (κ2) is 11.1. The lowest BCUT2D eigenvalue weighted by Gasteiger charge is -2.23. The van der Waals surface area contributed by atoms with Crippen molar-refractivity contribution < 1.29 is 18.4 Å². The van der Waals surface area contributed by atoms with Crippen molar-refractivity contribution in [3.8, 4) is 0 Å². The van der Waals surface area contributed by atoms with Crippen LogP contribution in [-0.2, 0) is 0 Å². The number of para-hydroxylation sites is 1. The molecule has 3 N–H and O–H groups in total. The van der Waals surface area contributed by atoms with Gasteiger partial charge in [-0.3, -0.25) is 4.90 Å². The Hall–Kier alpha value is -3.65. The molecule has 32 heavy (non-hydrogen) atoms. The summed E-state index contributed by atoms with van der Waals surface area (Å²) >= 11 is 5.89. The molecule has 6 nitrogen and oxygen atoms in total. The number of rotatable bonds is 7. The molecule has 166 valence electrons. The monoisotopic (exact) mass is 458 g/mol. The first-order chi connectivity index (χ1) is 15.4. The van der Waals surface area contributed by atoms with Gasteiger partial charge < -0.3 is 16.0 Å². The van der Waals surface area contributed by atoms with Crippen LogP contribution in [0.1, 0.15) is 6.42 Å². The minimum absolute atomic E-state index is 0.0311. The number of carbonyl (C=O) groups is 2. The quantitative estimate of drug-likeness (QED) is 0.387. The zero-order chi connectivity index (χ0) is 22.9. The number of carbonyl (C=O) groups excluding carboxylic acids is 2. The molecule has 0 atom stereocenters. The maximum Gasteiger partial charge on any atom is 0.326 e. The van der Waals surface area contributed by atoms with E-state index in [-0.39, 0.29) is 18.8 Å². The van der Waals surface area contributed by atoms with Crippen LogP contribution in [0.4, 0.5) is 35.4 Å². The summed E-state index contributed by atoms with van der Waals surface area (Å²) in [4.78, 5) is 26.2.